The van der Waals surface area contributed by atoms with Crippen LogP contribution in [-0.4, -0.2) is 0 Å². The van der Waals surface area contributed by atoms with Crippen LogP contribution < -0.4 is 0 Å². The summed E-state index contributed by atoms with van der Waals surface area (Å²) < 4.78 is 0. The number of benzene rings is 21. The monoisotopic (exact) mass is 1350 g/mol. The van der Waals surface area contributed by atoms with Gasteiger partial charge in [-0.05, 0) is 321 Å². The lowest BCUT2D eigenvalue weighted by molar-refractivity contribution is 1.34. The summed E-state index contributed by atoms with van der Waals surface area (Å²) in [6, 6.07) is 133. The Labute approximate surface area is 619 Å². The molecule has 0 aliphatic rings. The highest BCUT2D eigenvalue weighted by Crippen LogP contribution is 2.41. The number of fused-ring (bicyclic) bond motifs is 17. The molecule has 0 nitrogen and oxygen atoms in total. The first-order valence-electron chi connectivity index (χ1n) is 37.1. The van der Waals surface area contributed by atoms with Gasteiger partial charge in [-0.2, -0.15) is 0 Å². The smallest absolute Gasteiger partial charge is 0.00986 e. The molecular formula is C106H78. The third-order valence-corrected chi connectivity index (χ3v) is 22.3. The van der Waals surface area contributed by atoms with Crippen LogP contribution in [-0.2, 0) is 0 Å². The van der Waals surface area contributed by atoms with Gasteiger partial charge in [0.25, 0.3) is 0 Å². The Morgan fingerprint density at radius 3 is 0.953 bits per heavy atom. The minimum Gasteiger partial charge on any atom is -0.0617 e. The average Bonchev–Trinajstić information content (AvgIpc) is 0.781. The van der Waals surface area contributed by atoms with Crippen molar-refractivity contribution in [2.24, 2.45) is 0 Å². The van der Waals surface area contributed by atoms with Gasteiger partial charge in [-0.1, -0.05) is 303 Å². The largest absolute Gasteiger partial charge is 0.0617 e. The molecule has 0 aliphatic carbocycles. The first kappa shape index (κ1) is 65.1. The van der Waals surface area contributed by atoms with Gasteiger partial charge < -0.3 is 0 Å². The molecule has 21 rings (SSSR count). The van der Waals surface area contributed by atoms with Crippen LogP contribution in [0, 0.1) is 41.5 Å². The third-order valence-electron chi connectivity index (χ3n) is 22.3. The van der Waals surface area contributed by atoms with E-state index >= 15 is 0 Å². The molecule has 0 atom stereocenters. The summed E-state index contributed by atoms with van der Waals surface area (Å²) in [6.07, 6.45) is 0. The number of rotatable bonds is 4. The van der Waals surface area contributed by atoms with E-state index in [1.807, 2.05) is 0 Å². The summed E-state index contributed by atoms with van der Waals surface area (Å²) >= 11 is 0. The van der Waals surface area contributed by atoms with Crippen molar-refractivity contribution in [2.45, 2.75) is 41.5 Å². The Morgan fingerprint density at radius 1 is 0.142 bits per heavy atom. The standard InChI is InChI=1S/C28H18.3C26H20/c1-3-11-23-19(7-1)9-5-13-25(23)26-14-6-10-21-17-22-16-15-20-8-2-4-12-24(20)27(22)18-28(21)26;1-17-6-5-7-18(2)26(17)22-13-11-20-16-25-21(14-23(20)15-22)12-10-19-8-3-4-9-24(19)25;1-17-6-5-9-24(18(17)2)21-13-11-20-16-26-22(15-23(20)14-21)12-10-19-7-3-4-8-25(19)26;1-17-7-8-18(2)25(13-17)21-12-10-20-16-26-22(15-23(20)14-21)11-9-19-5-3-4-6-24(19)26/h1-18H;3*3-16H,1-2H3. The number of hydrogen-bond donors (Lipinski definition) is 0. The SMILES string of the molecule is Cc1ccc(C)c(-c2ccc3cc4c(ccc5ccccc54)cc3c2)c1.Cc1cccc(-c2ccc3cc4c(ccc5ccccc54)cc3c2)c1C.Cc1cccc(C)c1-c1ccc2cc3c(ccc4ccccc43)cc2c1.c1ccc2c(-c3cccc4cc5ccc6ccccc6c5cc34)cccc2c1. The lowest BCUT2D eigenvalue weighted by atomic mass is 9.91. The third kappa shape index (κ3) is 12.2. The van der Waals surface area contributed by atoms with Gasteiger partial charge in [0.2, 0.25) is 0 Å². The molecule has 0 heteroatoms. The second-order valence-corrected chi connectivity index (χ2v) is 29.0. The van der Waals surface area contributed by atoms with Crippen molar-refractivity contribution in [3.05, 3.63) is 397 Å². The molecule has 106 heavy (non-hydrogen) atoms. The molecule has 0 spiro atoms. The zero-order chi connectivity index (χ0) is 71.5. The predicted molar refractivity (Wildman–Crippen MR) is 464 cm³/mol. The van der Waals surface area contributed by atoms with E-state index in [2.05, 4.69) is 406 Å². The van der Waals surface area contributed by atoms with E-state index in [9.17, 15) is 0 Å². The van der Waals surface area contributed by atoms with Gasteiger partial charge in [0.15, 0.2) is 0 Å². The summed E-state index contributed by atoms with van der Waals surface area (Å²) in [7, 11) is 0. The van der Waals surface area contributed by atoms with Gasteiger partial charge in [-0.3, -0.25) is 0 Å². The van der Waals surface area contributed by atoms with Gasteiger partial charge in [0, 0.05) is 0 Å². The molecule has 0 unspecified atom stereocenters. The van der Waals surface area contributed by atoms with Crippen molar-refractivity contribution in [3.8, 4) is 44.5 Å². The minimum absolute atomic E-state index is 1.28. The minimum atomic E-state index is 1.28. The summed E-state index contributed by atoms with van der Waals surface area (Å²) in [6.45, 7) is 13.1. The molecule has 0 fully saturated rings. The molecule has 0 saturated carbocycles. The van der Waals surface area contributed by atoms with E-state index in [-0.39, 0.29) is 0 Å². The van der Waals surface area contributed by atoms with Crippen LogP contribution >= 0.6 is 0 Å². The molecule has 502 valence electrons. The molecule has 0 N–H and O–H groups in total. The van der Waals surface area contributed by atoms with Crippen LogP contribution in [0.3, 0.4) is 0 Å². The topological polar surface area (TPSA) is 0 Å². The number of aryl methyl sites for hydroxylation is 5. The quantitative estimate of drug-likeness (QED) is 0.122. The van der Waals surface area contributed by atoms with Gasteiger partial charge in [0.1, 0.15) is 0 Å². The first-order valence-corrected chi connectivity index (χ1v) is 37.1. The fraction of sp³-hybridized carbons (Fsp3) is 0.0566. The van der Waals surface area contributed by atoms with Crippen LogP contribution in [0.25, 0.3) is 185 Å². The van der Waals surface area contributed by atoms with Crippen LogP contribution in [0.5, 0.6) is 0 Å². The highest BCUT2D eigenvalue weighted by atomic mass is 14.2. The fourth-order valence-electron chi connectivity index (χ4n) is 16.6. The predicted octanol–water partition coefficient (Wildman–Crippen LogP) is 30.3. The van der Waals surface area contributed by atoms with Crippen LogP contribution in [0.4, 0.5) is 0 Å². The van der Waals surface area contributed by atoms with Crippen LogP contribution in [0.2, 0.25) is 0 Å². The Kier molecular flexibility index (Phi) is 16.8. The second-order valence-electron chi connectivity index (χ2n) is 29.0. The summed E-state index contributed by atoms with van der Waals surface area (Å²) in [5.41, 5.74) is 18.5. The van der Waals surface area contributed by atoms with E-state index in [1.54, 1.807) is 0 Å². The Morgan fingerprint density at radius 2 is 0.462 bits per heavy atom. The second kappa shape index (κ2) is 27.3. The Bertz CT molecular complexity index is 6900. The van der Waals surface area contributed by atoms with Crippen LogP contribution in [0.15, 0.2) is 364 Å². The highest BCUT2D eigenvalue weighted by Gasteiger charge is 2.14. The van der Waals surface area contributed by atoms with E-state index in [0.29, 0.717) is 0 Å². The van der Waals surface area contributed by atoms with Gasteiger partial charge >= 0.3 is 0 Å². The summed E-state index contributed by atoms with van der Waals surface area (Å²) in [5.74, 6) is 0. The van der Waals surface area contributed by atoms with Gasteiger partial charge in [-0.25, -0.2) is 0 Å². The maximum absolute atomic E-state index is 2.38. The molecule has 0 saturated heterocycles. The molecule has 0 bridgehead atoms. The zero-order valence-electron chi connectivity index (χ0n) is 60.6. The van der Waals surface area contributed by atoms with E-state index in [0.717, 1.165) is 0 Å². The molecule has 0 amide bonds. The number of hydrogen-bond acceptors (Lipinski definition) is 0. The van der Waals surface area contributed by atoms with Crippen molar-refractivity contribution in [2.75, 3.05) is 0 Å². The van der Waals surface area contributed by atoms with Crippen molar-refractivity contribution >= 4 is 140 Å². The lowest BCUT2D eigenvalue weighted by Crippen LogP contribution is -1.88. The van der Waals surface area contributed by atoms with Crippen molar-refractivity contribution in [1.29, 1.82) is 0 Å². The van der Waals surface area contributed by atoms with Gasteiger partial charge in [-0.15, -0.1) is 0 Å². The van der Waals surface area contributed by atoms with Crippen molar-refractivity contribution in [1.82, 2.24) is 0 Å². The van der Waals surface area contributed by atoms with E-state index in [4.69, 9.17) is 0 Å². The summed E-state index contributed by atoms with van der Waals surface area (Å²) in [4.78, 5) is 0. The molecule has 21 aromatic carbocycles. The fourth-order valence-corrected chi connectivity index (χ4v) is 16.6. The Balaban J connectivity index is 0.000000100. The Hall–Kier alpha value is -13.0. The lowest BCUT2D eigenvalue weighted by Gasteiger charge is -2.12. The highest BCUT2D eigenvalue weighted by molar-refractivity contribution is 6.18. The normalized spacial score (nSPS) is 11.5. The van der Waals surface area contributed by atoms with Gasteiger partial charge in [0.05, 0.1) is 0 Å². The molecule has 0 heterocycles. The molecule has 0 radical (unpaired) electrons. The molecule has 0 aromatic heterocycles. The molecule has 21 aromatic rings. The van der Waals surface area contributed by atoms with E-state index < -0.39 is 0 Å². The summed E-state index contributed by atoms with van der Waals surface area (Å²) in [5, 5.41) is 33.9. The molecule has 0 aliphatic heterocycles. The zero-order valence-corrected chi connectivity index (χ0v) is 60.6. The van der Waals surface area contributed by atoms with Crippen molar-refractivity contribution < 1.29 is 0 Å². The van der Waals surface area contributed by atoms with E-state index in [1.165, 1.54) is 218 Å². The maximum Gasteiger partial charge on any atom is -0.00986 e. The van der Waals surface area contributed by atoms with Crippen LogP contribution in [0.1, 0.15) is 33.4 Å². The average molecular weight is 1350 g/mol. The first-order chi connectivity index (χ1) is 52.0. The maximum atomic E-state index is 2.38. The van der Waals surface area contributed by atoms with Crippen molar-refractivity contribution in [3.63, 3.8) is 0 Å². The molecular weight excluding hydrogens is 1270 g/mol.